The van der Waals surface area contributed by atoms with Crippen LogP contribution in [0.1, 0.15) is 19.8 Å². The van der Waals surface area contributed by atoms with Crippen LogP contribution >= 0.6 is 0 Å². The summed E-state index contributed by atoms with van der Waals surface area (Å²) in [5.41, 5.74) is 0. The third-order valence-electron chi connectivity index (χ3n) is 4.27. The Labute approximate surface area is 153 Å². The summed E-state index contributed by atoms with van der Waals surface area (Å²) in [4.78, 5) is 24.7. The van der Waals surface area contributed by atoms with Crippen LogP contribution < -0.4 is 9.47 Å². The van der Waals surface area contributed by atoms with Crippen molar-refractivity contribution in [2.45, 2.75) is 24.7 Å². The minimum absolute atomic E-state index is 0.0373. The molecule has 144 valence electrons. The Morgan fingerprint density at radius 1 is 1.04 bits per heavy atom. The van der Waals surface area contributed by atoms with Gasteiger partial charge in [0.25, 0.3) is 0 Å². The summed E-state index contributed by atoms with van der Waals surface area (Å²) in [6.07, 6.45) is 0.365. The number of carbonyl (C=O) groups excluding carboxylic acids is 2. The summed E-state index contributed by atoms with van der Waals surface area (Å²) in [7, 11) is -0.905. The highest BCUT2D eigenvalue weighted by molar-refractivity contribution is 7.89. The van der Waals surface area contributed by atoms with Crippen LogP contribution in [0.15, 0.2) is 23.1 Å². The molecule has 0 N–H and O–H groups in total. The molecule has 0 saturated carbocycles. The van der Waals surface area contributed by atoms with Gasteiger partial charge >= 0.3 is 0 Å². The van der Waals surface area contributed by atoms with Crippen molar-refractivity contribution < 1.29 is 27.5 Å². The first kappa shape index (κ1) is 20.2. The number of ether oxygens (including phenoxy) is 2. The molecule has 0 unspecified atom stereocenters. The maximum Gasteiger partial charge on any atom is 0.247 e. The van der Waals surface area contributed by atoms with E-state index in [1.807, 2.05) is 0 Å². The molecule has 1 heterocycles. The minimum Gasteiger partial charge on any atom is -0.497 e. The second-order valence-corrected chi connectivity index (χ2v) is 7.91. The van der Waals surface area contributed by atoms with E-state index in [1.165, 1.54) is 31.5 Å². The Kier molecular flexibility index (Phi) is 6.60. The fourth-order valence-electron chi connectivity index (χ4n) is 2.74. The SMILES string of the molecule is COc1ccc(OC)c(S(=O)(=O)N2CCN(C(=O)CCC(C)=O)CC2)c1. The van der Waals surface area contributed by atoms with Crippen LogP contribution in [-0.4, -0.2) is 69.7 Å². The lowest BCUT2D eigenvalue weighted by molar-refractivity contribution is -0.134. The highest BCUT2D eigenvalue weighted by Crippen LogP contribution is 2.31. The average molecular weight is 384 g/mol. The zero-order chi connectivity index (χ0) is 19.3. The van der Waals surface area contributed by atoms with E-state index in [2.05, 4.69) is 0 Å². The van der Waals surface area contributed by atoms with Gasteiger partial charge in [0.2, 0.25) is 15.9 Å². The van der Waals surface area contributed by atoms with Crippen LogP contribution in [0.5, 0.6) is 11.5 Å². The lowest BCUT2D eigenvalue weighted by atomic mass is 10.2. The normalized spacial score (nSPS) is 15.6. The Balaban J connectivity index is 2.11. The van der Waals surface area contributed by atoms with Crippen LogP contribution in [0.2, 0.25) is 0 Å². The molecule has 26 heavy (non-hydrogen) atoms. The quantitative estimate of drug-likeness (QED) is 0.694. The fraction of sp³-hybridized carbons (Fsp3) is 0.529. The number of methoxy groups -OCH3 is 2. The number of amides is 1. The van der Waals surface area contributed by atoms with Gasteiger partial charge in [-0.25, -0.2) is 8.42 Å². The molecule has 1 fully saturated rings. The maximum absolute atomic E-state index is 13.0. The van der Waals surface area contributed by atoms with Gasteiger partial charge in [-0.3, -0.25) is 4.79 Å². The molecular weight excluding hydrogens is 360 g/mol. The molecule has 9 heteroatoms. The van der Waals surface area contributed by atoms with E-state index < -0.39 is 10.0 Å². The second kappa shape index (κ2) is 8.50. The zero-order valence-corrected chi connectivity index (χ0v) is 16.0. The molecular formula is C17H24N2O6S. The number of hydrogen-bond acceptors (Lipinski definition) is 6. The molecule has 0 aromatic heterocycles. The Bertz CT molecular complexity index is 769. The number of benzene rings is 1. The van der Waals surface area contributed by atoms with E-state index in [0.29, 0.717) is 18.8 Å². The van der Waals surface area contributed by atoms with Crippen molar-refractivity contribution in [3.63, 3.8) is 0 Å². The molecule has 1 aromatic carbocycles. The second-order valence-electron chi connectivity index (χ2n) is 6.00. The van der Waals surface area contributed by atoms with Gasteiger partial charge in [0.1, 0.15) is 22.2 Å². The van der Waals surface area contributed by atoms with Crippen molar-refractivity contribution in [3.05, 3.63) is 18.2 Å². The molecule has 1 aliphatic heterocycles. The number of carbonyl (C=O) groups is 2. The largest absolute Gasteiger partial charge is 0.497 e. The number of piperazine rings is 1. The van der Waals surface area contributed by atoms with E-state index in [9.17, 15) is 18.0 Å². The monoisotopic (exact) mass is 384 g/mol. The first-order chi connectivity index (χ1) is 12.3. The zero-order valence-electron chi connectivity index (χ0n) is 15.2. The highest BCUT2D eigenvalue weighted by atomic mass is 32.2. The van der Waals surface area contributed by atoms with E-state index >= 15 is 0 Å². The summed E-state index contributed by atoms with van der Waals surface area (Å²) in [5, 5.41) is 0. The van der Waals surface area contributed by atoms with Gasteiger partial charge in [0.05, 0.1) is 14.2 Å². The van der Waals surface area contributed by atoms with Gasteiger partial charge < -0.3 is 19.2 Å². The lowest BCUT2D eigenvalue weighted by Gasteiger charge is -2.34. The molecule has 1 amide bonds. The number of nitrogens with zero attached hydrogens (tertiary/aromatic N) is 2. The van der Waals surface area contributed by atoms with E-state index in [0.717, 1.165) is 0 Å². The molecule has 0 radical (unpaired) electrons. The Morgan fingerprint density at radius 3 is 2.23 bits per heavy atom. The van der Waals surface area contributed by atoms with Gasteiger partial charge in [-0.1, -0.05) is 0 Å². The molecule has 1 aromatic rings. The van der Waals surface area contributed by atoms with Crippen molar-refractivity contribution >= 4 is 21.7 Å². The van der Waals surface area contributed by atoms with Crippen LogP contribution in [0, 0.1) is 0 Å². The first-order valence-corrected chi connectivity index (χ1v) is 9.73. The summed E-state index contributed by atoms with van der Waals surface area (Å²) < 4.78 is 37.6. The summed E-state index contributed by atoms with van der Waals surface area (Å²) >= 11 is 0. The van der Waals surface area contributed by atoms with Gasteiger partial charge in [0.15, 0.2) is 0 Å². The number of ketones is 1. The van der Waals surface area contributed by atoms with Gasteiger partial charge in [0, 0.05) is 45.1 Å². The van der Waals surface area contributed by atoms with Crippen LogP contribution in [-0.2, 0) is 19.6 Å². The van der Waals surface area contributed by atoms with Gasteiger partial charge in [-0.05, 0) is 19.1 Å². The van der Waals surface area contributed by atoms with Gasteiger partial charge in [-0.15, -0.1) is 0 Å². The molecule has 8 nitrogen and oxygen atoms in total. The number of rotatable bonds is 7. The maximum atomic E-state index is 13.0. The van der Waals surface area contributed by atoms with Gasteiger partial charge in [-0.2, -0.15) is 4.31 Å². The molecule has 0 bridgehead atoms. The third kappa shape index (κ3) is 4.53. The van der Waals surface area contributed by atoms with E-state index in [4.69, 9.17) is 9.47 Å². The predicted molar refractivity (Wildman–Crippen MR) is 94.8 cm³/mol. The Hall–Kier alpha value is -2.13. The molecule has 1 aliphatic rings. The lowest BCUT2D eigenvalue weighted by Crippen LogP contribution is -2.50. The van der Waals surface area contributed by atoms with Crippen LogP contribution in [0.25, 0.3) is 0 Å². The fourth-order valence-corrected chi connectivity index (χ4v) is 4.34. The first-order valence-electron chi connectivity index (χ1n) is 8.29. The van der Waals surface area contributed by atoms with Crippen LogP contribution in [0.3, 0.4) is 0 Å². The number of hydrogen-bond donors (Lipinski definition) is 0. The van der Waals surface area contributed by atoms with Crippen molar-refractivity contribution in [1.29, 1.82) is 0 Å². The summed E-state index contributed by atoms with van der Waals surface area (Å²) in [5.74, 6) is 0.495. The number of Topliss-reactive ketones (excluding diaryl/α,β-unsaturated/α-hetero) is 1. The van der Waals surface area contributed by atoms with Crippen molar-refractivity contribution in [2.24, 2.45) is 0 Å². The Morgan fingerprint density at radius 2 is 1.69 bits per heavy atom. The predicted octanol–water partition coefficient (Wildman–Crippen LogP) is 0.906. The molecule has 2 rings (SSSR count). The van der Waals surface area contributed by atoms with Crippen molar-refractivity contribution in [2.75, 3.05) is 40.4 Å². The third-order valence-corrected chi connectivity index (χ3v) is 6.19. The minimum atomic E-state index is -3.78. The van der Waals surface area contributed by atoms with E-state index in [-0.39, 0.29) is 48.3 Å². The van der Waals surface area contributed by atoms with Crippen molar-refractivity contribution in [1.82, 2.24) is 9.21 Å². The summed E-state index contributed by atoms with van der Waals surface area (Å²) in [6, 6.07) is 4.61. The number of sulfonamides is 1. The smallest absolute Gasteiger partial charge is 0.247 e. The molecule has 1 saturated heterocycles. The van der Waals surface area contributed by atoms with Crippen molar-refractivity contribution in [3.8, 4) is 11.5 Å². The standard InChI is InChI=1S/C17H24N2O6S/c1-13(20)4-7-17(21)18-8-10-19(11-9-18)26(22,23)16-12-14(24-2)5-6-15(16)25-3/h5-6,12H,4,7-11H2,1-3H3. The van der Waals surface area contributed by atoms with Crippen LogP contribution in [0.4, 0.5) is 0 Å². The molecule has 0 aliphatic carbocycles. The van der Waals surface area contributed by atoms with E-state index in [1.54, 1.807) is 17.0 Å². The summed E-state index contributed by atoms with van der Waals surface area (Å²) in [6.45, 7) is 2.41. The molecule has 0 atom stereocenters. The topological polar surface area (TPSA) is 93.2 Å². The molecule has 0 spiro atoms. The average Bonchev–Trinajstić information content (AvgIpc) is 2.65. The highest BCUT2D eigenvalue weighted by Gasteiger charge is 2.32.